The number of carbonyl (C=O) groups excluding carboxylic acids is 1. The van der Waals surface area contributed by atoms with Crippen LogP contribution >= 0.6 is 0 Å². The topological polar surface area (TPSA) is 55.6 Å². The average molecular weight is 234 g/mol. The lowest BCUT2D eigenvalue weighted by Crippen LogP contribution is -2.33. The number of carbonyl (C=O) groups is 1. The third-order valence-corrected chi connectivity index (χ3v) is 3.00. The number of aryl methyl sites for hydroxylation is 1. The van der Waals surface area contributed by atoms with E-state index in [1.54, 1.807) is 11.0 Å². The first-order valence-electron chi connectivity index (χ1n) is 5.82. The van der Waals surface area contributed by atoms with Gasteiger partial charge in [0.15, 0.2) is 6.61 Å². The molecule has 1 amide bonds. The number of anilines is 1. The van der Waals surface area contributed by atoms with Crippen molar-refractivity contribution in [3.05, 3.63) is 23.8 Å². The van der Waals surface area contributed by atoms with E-state index in [-0.39, 0.29) is 12.5 Å². The Morgan fingerprint density at radius 3 is 2.82 bits per heavy atom. The summed E-state index contributed by atoms with van der Waals surface area (Å²) in [5, 5.41) is 0. The van der Waals surface area contributed by atoms with E-state index in [0.717, 1.165) is 18.4 Å². The first kappa shape index (κ1) is 11.8. The fourth-order valence-electron chi connectivity index (χ4n) is 1.71. The van der Waals surface area contributed by atoms with E-state index in [9.17, 15) is 4.79 Å². The van der Waals surface area contributed by atoms with E-state index in [4.69, 9.17) is 10.5 Å². The summed E-state index contributed by atoms with van der Waals surface area (Å²) in [5.41, 5.74) is 7.46. The Morgan fingerprint density at radius 1 is 1.53 bits per heavy atom. The van der Waals surface area contributed by atoms with Crippen molar-refractivity contribution < 1.29 is 9.53 Å². The number of ether oxygens (including phenoxy) is 1. The summed E-state index contributed by atoms with van der Waals surface area (Å²) >= 11 is 0. The number of nitrogen functional groups attached to an aromatic ring is 1. The van der Waals surface area contributed by atoms with Gasteiger partial charge in [-0.15, -0.1) is 0 Å². The summed E-state index contributed by atoms with van der Waals surface area (Å²) < 4.78 is 5.44. The second-order valence-electron chi connectivity index (χ2n) is 4.57. The van der Waals surface area contributed by atoms with Crippen LogP contribution in [0.3, 0.4) is 0 Å². The molecule has 0 unspecified atom stereocenters. The van der Waals surface area contributed by atoms with Crippen molar-refractivity contribution in [3.63, 3.8) is 0 Å². The highest BCUT2D eigenvalue weighted by atomic mass is 16.5. The predicted molar refractivity (Wildman–Crippen MR) is 66.9 cm³/mol. The Bertz CT molecular complexity index is 427. The van der Waals surface area contributed by atoms with Gasteiger partial charge in [0, 0.05) is 13.1 Å². The Kier molecular flexibility index (Phi) is 3.22. The number of nitrogens with zero attached hydrogens (tertiary/aromatic N) is 1. The minimum atomic E-state index is 0.00692. The van der Waals surface area contributed by atoms with E-state index in [1.807, 2.05) is 26.1 Å². The van der Waals surface area contributed by atoms with E-state index >= 15 is 0 Å². The highest BCUT2D eigenvalue weighted by molar-refractivity contribution is 5.78. The van der Waals surface area contributed by atoms with Gasteiger partial charge in [-0.1, -0.05) is 6.07 Å². The largest absolute Gasteiger partial charge is 0.482 e. The van der Waals surface area contributed by atoms with Gasteiger partial charge in [-0.3, -0.25) is 4.79 Å². The lowest BCUT2D eigenvalue weighted by Gasteiger charge is -2.17. The van der Waals surface area contributed by atoms with Crippen LogP contribution in [0.25, 0.3) is 0 Å². The molecule has 1 aliphatic rings. The Hall–Kier alpha value is -1.71. The van der Waals surface area contributed by atoms with Crippen LogP contribution in [-0.4, -0.2) is 30.5 Å². The molecular weight excluding hydrogens is 216 g/mol. The molecular formula is C13H18N2O2. The molecule has 0 aliphatic heterocycles. The minimum absolute atomic E-state index is 0.00692. The number of nitrogens with two attached hydrogens (primary N) is 1. The smallest absolute Gasteiger partial charge is 0.260 e. The fourth-order valence-corrected chi connectivity index (χ4v) is 1.71. The molecule has 0 spiro atoms. The molecule has 0 atom stereocenters. The number of likely N-dealkylation sites (N-methyl/N-ethyl adjacent to an activating group) is 1. The van der Waals surface area contributed by atoms with Crippen LogP contribution < -0.4 is 10.5 Å². The van der Waals surface area contributed by atoms with E-state index < -0.39 is 0 Å². The zero-order valence-corrected chi connectivity index (χ0v) is 10.3. The molecule has 0 heterocycles. The van der Waals surface area contributed by atoms with Gasteiger partial charge in [-0.25, -0.2) is 0 Å². The number of hydrogen-bond acceptors (Lipinski definition) is 3. The normalized spacial score (nSPS) is 14.5. The summed E-state index contributed by atoms with van der Waals surface area (Å²) in [6.45, 7) is 2.02. The summed E-state index contributed by atoms with van der Waals surface area (Å²) in [4.78, 5) is 13.5. The van der Waals surface area contributed by atoms with Gasteiger partial charge in [-0.2, -0.15) is 0 Å². The van der Waals surface area contributed by atoms with Crippen molar-refractivity contribution in [3.8, 4) is 5.75 Å². The summed E-state index contributed by atoms with van der Waals surface area (Å²) in [6.07, 6.45) is 2.21. The SMILES string of the molecule is Cc1ccc(OCC(=O)N(C)C2CC2)c(N)c1. The standard InChI is InChI=1S/C13H18N2O2/c1-9-3-6-12(11(14)7-9)17-8-13(16)15(2)10-4-5-10/h3,6-7,10H,4-5,8,14H2,1-2H3. The quantitative estimate of drug-likeness (QED) is 0.805. The monoisotopic (exact) mass is 234 g/mol. The van der Waals surface area contributed by atoms with Crippen molar-refractivity contribution in [2.75, 3.05) is 19.4 Å². The molecule has 1 fully saturated rings. The molecule has 4 heteroatoms. The molecule has 0 aromatic heterocycles. The Morgan fingerprint density at radius 2 is 2.24 bits per heavy atom. The van der Waals surface area contributed by atoms with Gasteiger partial charge in [0.1, 0.15) is 5.75 Å². The van der Waals surface area contributed by atoms with E-state index in [1.165, 1.54) is 0 Å². The van der Waals surface area contributed by atoms with Gasteiger partial charge >= 0.3 is 0 Å². The van der Waals surface area contributed by atoms with E-state index in [2.05, 4.69) is 0 Å². The highest BCUT2D eigenvalue weighted by Crippen LogP contribution is 2.26. The van der Waals surface area contributed by atoms with Crippen molar-refractivity contribution in [2.45, 2.75) is 25.8 Å². The van der Waals surface area contributed by atoms with Gasteiger partial charge < -0.3 is 15.4 Å². The Labute approximate surface area is 101 Å². The molecule has 92 valence electrons. The molecule has 17 heavy (non-hydrogen) atoms. The molecule has 0 radical (unpaired) electrons. The average Bonchev–Trinajstić information content (AvgIpc) is 3.10. The fraction of sp³-hybridized carbons (Fsp3) is 0.462. The van der Waals surface area contributed by atoms with Crippen molar-refractivity contribution >= 4 is 11.6 Å². The Balaban J connectivity index is 1.90. The number of rotatable bonds is 4. The summed E-state index contributed by atoms with van der Waals surface area (Å²) in [7, 11) is 1.82. The van der Waals surface area contributed by atoms with Crippen LogP contribution in [0.2, 0.25) is 0 Å². The van der Waals surface area contributed by atoms with Gasteiger partial charge in [0.2, 0.25) is 0 Å². The van der Waals surface area contributed by atoms with Crippen LogP contribution in [0.1, 0.15) is 18.4 Å². The second-order valence-corrected chi connectivity index (χ2v) is 4.57. The van der Waals surface area contributed by atoms with Gasteiger partial charge in [0.25, 0.3) is 5.91 Å². The molecule has 2 N–H and O–H groups in total. The predicted octanol–water partition coefficient (Wildman–Crippen LogP) is 1.58. The molecule has 0 bridgehead atoms. The molecule has 1 aromatic carbocycles. The van der Waals surface area contributed by atoms with Gasteiger partial charge in [-0.05, 0) is 37.5 Å². The lowest BCUT2D eigenvalue weighted by atomic mass is 10.2. The first-order chi connectivity index (χ1) is 8.08. The maximum atomic E-state index is 11.7. The second kappa shape index (κ2) is 4.65. The zero-order chi connectivity index (χ0) is 12.4. The third kappa shape index (κ3) is 2.90. The van der Waals surface area contributed by atoms with Crippen LogP contribution in [0.15, 0.2) is 18.2 Å². The van der Waals surface area contributed by atoms with Crippen molar-refractivity contribution in [2.24, 2.45) is 0 Å². The van der Waals surface area contributed by atoms with E-state index in [0.29, 0.717) is 17.5 Å². The zero-order valence-electron chi connectivity index (χ0n) is 10.3. The highest BCUT2D eigenvalue weighted by Gasteiger charge is 2.29. The molecule has 1 saturated carbocycles. The molecule has 4 nitrogen and oxygen atoms in total. The number of benzene rings is 1. The van der Waals surface area contributed by atoms with Crippen LogP contribution in [0.4, 0.5) is 5.69 Å². The summed E-state index contributed by atoms with van der Waals surface area (Å²) in [5.74, 6) is 0.584. The minimum Gasteiger partial charge on any atom is -0.482 e. The number of amides is 1. The molecule has 1 aliphatic carbocycles. The van der Waals surface area contributed by atoms with Crippen LogP contribution in [0, 0.1) is 6.92 Å². The third-order valence-electron chi connectivity index (χ3n) is 3.00. The van der Waals surface area contributed by atoms with Crippen molar-refractivity contribution in [1.82, 2.24) is 4.90 Å². The maximum absolute atomic E-state index is 11.7. The molecule has 0 saturated heterocycles. The number of hydrogen-bond donors (Lipinski definition) is 1. The summed E-state index contributed by atoms with van der Waals surface area (Å²) in [6, 6.07) is 5.97. The van der Waals surface area contributed by atoms with Crippen LogP contribution in [-0.2, 0) is 4.79 Å². The molecule has 1 aromatic rings. The first-order valence-corrected chi connectivity index (χ1v) is 5.82. The lowest BCUT2D eigenvalue weighted by molar-refractivity contribution is -0.132. The maximum Gasteiger partial charge on any atom is 0.260 e. The van der Waals surface area contributed by atoms with Gasteiger partial charge in [0.05, 0.1) is 5.69 Å². The van der Waals surface area contributed by atoms with Crippen molar-refractivity contribution in [1.29, 1.82) is 0 Å². The molecule has 2 rings (SSSR count). The van der Waals surface area contributed by atoms with Crippen LogP contribution in [0.5, 0.6) is 5.75 Å².